The normalized spacial score (nSPS) is 11.8. The topological polar surface area (TPSA) is 38.3 Å². The lowest BCUT2D eigenvalue weighted by atomic mass is 10.1. The summed E-state index contributed by atoms with van der Waals surface area (Å²) in [5, 5.41) is 3.54. The molecule has 2 aromatic carbocycles. The van der Waals surface area contributed by atoms with Gasteiger partial charge < -0.3 is 10.1 Å². The summed E-state index contributed by atoms with van der Waals surface area (Å²) in [5.74, 6) is 0.435. The van der Waals surface area contributed by atoms with Gasteiger partial charge >= 0.3 is 0 Å². The van der Waals surface area contributed by atoms with Crippen molar-refractivity contribution in [2.75, 3.05) is 7.11 Å². The zero-order valence-corrected chi connectivity index (χ0v) is 13.2. The number of halogens is 2. The Morgan fingerprint density at radius 1 is 1.14 bits per heavy atom. The van der Waals surface area contributed by atoms with Crippen molar-refractivity contribution in [3.05, 3.63) is 63.6 Å². The monoisotopic (exact) mass is 323 g/mol. The van der Waals surface area contributed by atoms with Crippen LogP contribution in [0.5, 0.6) is 5.75 Å². The Labute approximate surface area is 133 Å². The summed E-state index contributed by atoms with van der Waals surface area (Å²) in [6.45, 7) is 1.89. The molecule has 1 N–H and O–H groups in total. The molecule has 0 heterocycles. The van der Waals surface area contributed by atoms with Crippen LogP contribution in [0, 0.1) is 0 Å². The summed E-state index contributed by atoms with van der Waals surface area (Å²) in [6, 6.07) is 12.3. The first-order valence-electron chi connectivity index (χ1n) is 6.41. The number of hydrogen-bond donors (Lipinski definition) is 1. The lowest BCUT2D eigenvalue weighted by Gasteiger charge is -2.16. The Kier molecular flexibility index (Phi) is 5.10. The highest BCUT2D eigenvalue weighted by atomic mass is 35.5. The van der Waals surface area contributed by atoms with Crippen molar-refractivity contribution in [3.8, 4) is 5.75 Å². The number of hydrogen-bond acceptors (Lipinski definition) is 2. The summed E-state index contributed by atoms with van der Waals surface area (Å²) in [4.78, 5) is 12.3. The third-order valence-electron chi connectivity index (χ3n) is 3.13. The first-order chi connectivity index (χ1) is 10.0. The van der Waals surface area contributed by atoms with Crippen molar-refractivity contribution in [2.24, 2.45) is 0 Å². The van der Waals surface area contributed by atoms with Gasteiger partial charge in [-0.2, -0.15) is 0 Å². The van der Waals surface area contributed by atoms with Crippen molar-refractivity contribution in [3.63, 3.8) is 0 Å². The van der Waals surface area contributed by atoms with E-state index >= 15 is 0 Å². The standard InChI is InChI=1S/C16H15Cl2NO2/c1-10(11-5-3-6-12(9-11)21-2)19-16(20)15-13(17)7-4-8-14(15)18/h3-10H,1-2H3,(H,19,20). The lowest BCUT2D eigenvalue weighted by Crippen LogP contribution is -2.27. The third-order valence-corrected chi connectivity index (χ3v) is 3.76. The fourth-order valence-corrected chi connectivity index (χ4v) is 2.55. The Morgan fingerprint density at radius 2 is 1.76 bits per heavy atom. The number of benzene rings is 2. The van der Waals surface area contributed by atoms with Gasteiger partial charge in [-0.05, 0) is 36.8 Å². The van der Waals surface area contributed by atoms with E-state index in [-0.39, 0.29) is 17.5 Å². The van der Waals surface area contributed by atoms with Crippen LogP contribution in [-0.2, 0) is 0 Å². The van der Waals surface area contributed by atoms with Gasteiger partial charge in [0.05, 0.1) is 28.8 Å². The maximum Gasteiger partial charge on any atom is 0.254 e. The molecule has 0 fully saturated rings. The van der Waals surface area contributed by atoms with E-state index in [1.54, 1.807) is 25.3 Å². The van der Waals surface area contributed by atoms with Crippen LogP contribution in [0.25, 0.3) is 0 Å². The molecular weight excluding hydrogens is 309 g/mol. The molecule has 5 heteroatoms. The number of amides is 1. The smallest absolute Gasteiger partial charge is 0.254 e. The van der Waals surface area contributed by atoms with E-state index < -0.39 is 0 Å². The van der Waals surface area contributed by atoms with Crippen LogP contribution in [0.15, 0.2) is 42.5 Å². The number of methoxy groups -OCH3 is 1. The molecule has 0 aliphatic rings. The molecule has 0 bridgehead atoms. The molecule has 2 rings (SSSR count). The van der Waals surface area contributed by atoms with Crippen LogP contribution < -0.4 is 10.1 Å². The van der Waals surface area contributed by atoms with Crippen LogP contribution in [0.4, 0.5) is 0 Å². The van der Waals surface area contributed by atoms with Gasteiger partial charge in [-0.15, -0.1) is 0 Å². The van der Waals surface area contributed by atoms with Gasteiger partial charge in [-0.25, -0.2) is 0 Å². The maximum absolute atomic E-state index is 12.3. The first-order valence-corrected chi connectivity index (χ1v) is 7.17. The summed E-state index contributed by atoms with van der Waals surface area (Å²) in [6.07, 6.45) is 0. The molecule has 0 saturated carbocycles. The van der Waals surface area contributed by atoms with E-state index in [2.05, 4.69) is 5.32 Å². The molecule has 0 radical (unpaired) electrons. The second kappa shape index (κ2) is 6.83. The highest BCUT2D eigenvalue weighted by Crippen LogP contribution is 2.25. The van der Waals surface area contributed by atoms with E-state index in [1.165, 1.54) is 0 Å². The Balaban J connectivity index is 2.19. The average molecular weight is 324 g/mol. The number of carbonyl (C=O) groups excluding carboxylic acids is 1. The minimum atomic E-state index is -0.305. The zero-order chi connectivity index (χ0) is 15.4. The van der Waals surface area contributed by atoms with Crippen LogP contribution in [-0.4, -0.2) is 13.0 Å². The van der Waals surface area contributed by atoms with Gasteiger partial charge in [-0.1, -0.05) is 41.4 Å². The molecule has 0 aliphatic carbocycles. The van der Waals surface area contributed by atoms with Crippen LogP contribution in [0.3, 0.4) is 0 Å². The highest BCUT2D eigenvalue weighted by molar-refractivity contribution is 6.39. The number of nitrogens with one attached hydrogen (secondary N) is 1. The number of ether oxygens (including phenoxy) is 1. The van der Waals surface area contributed by atoms with Gasteiger partial charge in [0.1, 0.15) is 5.75 Å². The fraction of sp³-hybridized carbons (Fsp3) is 0.188. The van der Waals surface area contributed by atoms with E-state index in [4.69, 9.17) is 27.9 Å². The predicted molar refractivity (Wildman–Crippen MR) is 85.3 cm³/mol. The lowest BCUT2D eigenvalue weighted by molar-refractivity contribution is 0.0940. The van der Waals surface area contributed by atoms with Crippen molar-refractivity contribution in [2.45, 2.75) is 13.0 Å². The average Bonchev–Trinajstić information content (AvgIpc) is 2.47. The van der Waals surface area contributed by atoms with Gasteiger partial charge in [0.2, 0.25) is 0 Å². The SMILES string of the molecule is COc1cccc(C(C)NC(=O)c2c(Cl)cccc2Cl)c1. The van der Waals surface area contributed by atoms with E-state index in [1.807, 2.05) is 31.2 Å². The van der Waals surface area contributed by atoms with Crippen molar-refractivity contribution in [1.29, 1.82) is 0 Å². The number of carbonyl (C=O) groups is 1. The van der Waals surface area contributed by atoms with Crippen LogP contribution in [0.1, 0.15) is 28.9 Å². The Morgan fingerprint density at radius 3 is 2.38 bits per heavy atom. The summed E-state index contributed by atoms with van der Waals surface area (Å²) < 4.78 is 5.18. The Hall–Kier alpha value is -1.71. The van der Waals surface area contributed by atoms with Gasteiger partial charge in [-0.3, -0.25) is 4.79 Å². The highest BCUT2D eigenvalue weighted by Gasteiger charge is 2.17. The van der Waals surface area contributed by atoms with Crippen molar-refractivity contribution < 1.29 is 9.53 Å². The molecule has 1 amide bonds. The minimum absolute atomic E-state index is 0.195. The van der Waals surface area contributed by atoms with Crippen LogP contribution >= 0.6 is 23.2 Å². The molecular formula is C16H15Cl2NO2. The molecule has 0 spiro atoms. The van der Waals surface area contributed by atoms with Gasteiger partial charge in [0.15, 0.2) is 0 Å². The summed E-state index contributed by atoms with van der Waals surface area (Å²) in [7, 11) is 1.60. The second-order valence-electron chi connectivity index (χ2n) is 4.57. The third kappa shape index (κ3) is 3.69. The van der Waals surface area contributed by atoms with E-state index in [9.17, 15) is 4.79 Å². The fourth-order valence-electron chi connectivity index (χ4n) is 1.98. The molecule has 2 aromatic rings. The maximum atomic E-state index is 12.3. The largest absolute Gasteiger partial charge is 0.497 e. The minimum Gasteiger partial charge on any atom is -0.497 e. The molecule has 3 nitrogen and oxygen atoms in total. The Bertz CT molecular complexity index is 638. The van der Waals surface area contributed by atoms with Crippen LogP contribution in [0.2, 0.25) is 10.0 Å². The van der Waals surface area contributed by atoms with Crippen molar-refractivity contribution >= 4 is 29.1 Å². The summed E-state index contributed by atoms with van der Waals surface area (Å²) in [5.41, 5.74) is 1.22. The van der Waals surface area contributed by atoms with Crippen molar-refractivity contribution in [1.82, 2.24) is 5.32 Å². The molecule has 110 valence electrons. The first kappa shape index (κ1) is 15.7. The van der Waals surface area contributed by atoms with Gasteiger partial charge in [0.25, 0.3) is 5.91 Å². The van der Waals surface area contributed by atoms with E-state index in [0.717, 1.165) is 11.3 Å². The molecule has 1 atom stereocenters. The molecule has 0 aliphatic heterocycles. The molecule has 1 unspecified atom stereocenters. The predicted octanol–water partition coefficient (Wildman–Crippen LogP) is 4.49. The van der Waals surface area contributed by atoms with E-state index in [0.29, 0.717) is 10.0 Å². The second-order valence-corrected chi connectivity index (χ2v) is 5.38. The van der Waals surface area contributed by atoms with Gasteiger partial charge in [0, 0.05) is 0 Å². The summed E-state index contributed by atoms with van der Waals surface area (Å²) >= 11 is 12.1. The molecule has 21 heavy (non-hydrogen) atoms. The number of rotatable bonds is 4. The molecule has 0 saturated heterocycles. The molecule has 0 aromatic heterocycles. The zero-order valence-electron chi connectivity index (χ0n) is 11.7. The quantitative estimate of drug-likeness (QED) is 0.900.